The van der Waals surface area contributed by atoms with Gasteiger partial charge in [0.05, 0.1) is 0 Å². The predicted octanol–water partition coefficient (Wildman–Crippen LogP) is 3.50. The molecule has 106 valence electrons. The van der Waals surface area contributed by atoms with Gasteiger partial charge >= 0.3 is 6.01 Å². The summed E-state index contributed by atoms with van der Waals surface area (Å²) >= 11 is 0. The molecule has 0 saturated heterocycles. The molecule has 2 rings (SSSR count). The highest BCUT2D eigenvalue weighted by Gasteiger charge is 2.11. The van der Waals surface area contributed by atoms with Crippen molar-refractivity contribution in [3.8, 4) is 11.8 Å². The number of hydrogen-bond donors (Lipinski definition) is 1. The lowest BCUT2D eigenvalue weighted by Gasteiger charge is -2.14. The van der Waals surface area contributed by atoms with E-state index in [9.17, 15) is 0 Å². The number of nitrogens with zero attached hydrogens (tertiary/aromatic N) is 2. The van der Waals surface area contributed by atoms with Crippen molar-refractivity contribution in [3.05, 3.63) is 47.8 Å². The van der Waals surface area contributed by atoms with Gasteiger partial charge in [-0.15, -0.1) is 0 Å². The fraction of sp³-hybridized carbons (Fsp3) is 0.375. The molecule has 0 amide bonds. The molecule has 0 aliphatic rings. The second kappa shape index (κ2) is 7.01. The maximum Gasteiger partial charge on any atom is 0.321 e. The van der Waals surface area contributed by atoms with Crippen molar-refractivity contribution in [2.24, 2.45) is 0 Å². The van der Waals surface area contributed by atoms with Crippen molar-refractivity contribution in [1.29, 1.82) is 0 Å². The minimum absolute atomic E-state index is 0.389. The molecule has 0 radical (unpaired) electrons. The highest BCUT2D eigenvalue weighted by atomic mass is 16.5. The van der Waals surface area contributed by atoms with Gasteiger partial charge in [0.1, 0.15) is 5.75 Å². The van der Waals surface area contributed by atoms with Crippen LogP contribution in [0.15, 0.2) is 36.7 Å². The molecule has 4 heteroatoms. The van der Waals surface area contributed by atoms with Crippen LogP contribution in [-0.4, -0.2) is 17.0 Å². The van der Waals surface area contributed by atoms with E-state index in [1.54, 1.807) is 12.4 Å². The van der Waals surface area contributed by atoms with Crippen LogP contribution in [0.3, 0.4) is 0 Å². The first-order valence-corrected chi connectivity index (χ1v) is 6.97. The van der Waals surface area contributed by atoms with Crippen LogP contribution in [0.5, 0.6) is 11.8 Å². The second-order valence-corrected chi connectivity index (χ2v) is 4.85. The van der Waals surface area contributed by atoms with Crippen LogP contribution >= 0.6 is 0 Å². The maximum absolute atomic E-state index is 5.82. The lowest BCUT2D eigenvalue weighted by molar-refractivity contribution is 0.431. The first-order valence-electron chi connectivity index (χ1n) is 6.97. The van der Waals surface area contributed by atoms with Crippen molar-refractivity contribution in [1.82, 2.24) is 15.3 Å². The zero-order chi connectivity index (χ0) is 14.4. The summed E-state index contributed by atoms with van der Waals surface area (Å²) in [5.41, 5.74) is 2.23. The Balaban J connectivity index is 2.17. The molecular weight excluding hydrogens is 250 g/mol. The lowest BCUT2D eigenvalue weighted by atomic mass is 9.98. The second-order valence-electron chi connectivity index (χ2n) is 4.85. The standard InChI is InChI=1S/C16H21N3O/c1-4-12(2)14-7-5-6-8-15(14)20-16-18-10-13(9-17-3)11-19-16/h5-8,10-12,17H,4,9H2,1-3H3. The highest BCUT2D eigenvalue weighted by molar-refractivity contribution is 5.37. The number of hydrogen-bond acceptors (Lipinski definition) is 4. The Labute approximate surface area is 120 Å². The molecule has 1 heterocycles. The van der Waals surface area contributed by atoms with E-state index in [1.165, 1.54) is 5.56 Å². The molecule has 0 aliphatic heterocycles. The number of benzene rings is 1. The van der Waals surface area contributed by atoms with E-state index in [2.05, 4.69) is 35.2 Å². The SMILES string of the molecule is CCC(C)c1ccccc1Oc1ncc(CNC)cn1. The third kappa shape index (κ3) is 3.54. The molecule has 4 nitrogen and oxygen atoms in total. The van der Waals surface area contributed by atoms with Crippen molar-refractivity contribution < 1.29 is 4.74 Å². The number of ether oxygens (including phenoxy) is 1. The first kappa shape index (κ1) is 14.5. The van der Waals surface area contributed by atoms with E-state index in [0.29, 0.717) is 11.9 Å². The third-order valence-electron chi connectivity index (χ3n) is 3.33. The van der Waals surface area contributed by atoms with Gasteiger partial charge < -0.3 is 10.1 Å². The lowest BCUT2D eigenvalue weighted by Crippen LogP contribution is -2.06. The molecule has 0 saturated carbocycles. The molecule has 1 aromatic heterocycles. The van der Waals surface area contributed by atoms with Crippen molar-refractivity contribution in [3.63, 3.8) is 0 Å². The Hall–Kier alpha value is -1.94. The van der Waals surface area contributed by atoms with Gasteiger partial charge in [0.25, 0.3) is 0 Å². The molecule has 20 heavy (non-hydrogen) atoms. The average molecular weight is 271 g/mol. The molecule has 0 aliphatic carbocycles. The Morgan fingerprint density at radius 1 is 1.20 bits per heavy atom. The summed E-state index contributed by atoms with van der Waals surface area (Å²) in [6, 6.07) is 8.45. The van der Waals surface area contributed by atoms with Crippen LogP contribution < -0.4 is 10.1 Å². The normalized spacial score (nSPS) is 12.2. The third-order valence-corrected chi connectivity index (χ3v) is 3.33. The number of para-hydroxylation sites is 1. The van der Waals surface area contributed by atoms with Crippen LogP contribution in [0.4, 0.5) is 0 Å². The van der Waals surface area contributed by atoms with Gasteiger partial charge in [-0.2, -0.15) is 0 Å². The quantitative estimate of drug-likeness (QED) is 0.873. The molecule has 2 aromatic rings. The Morgan fingerprint density at radius 2 is 1.90 bits per heavy atom. The first-order chi connectivity index (χ1) is 9.74. The zero-order valence-corrected chi connectivity index (χ0v) is 12.3. The Kier molecular flexibility index (Phi) is 5.07. The van der Waals surface area contributed by atoms with Crippen molar-refractivity contribution >= 4 is 0 Å². The maximum atomic E-state index is 5.82. The summed E-state index contributed by atoms with van der Waals surface area (Å²) in [6.45, 7) is 5.12. The van der Waals surface area contributed by atoms with E-state index in [4.69, 9.17) is 4.74 Å². The molecule has 0 bridgehead atoms. The van der Waals surface area contributed by atoms with E-state index in [0.717, 1.165) is 24.3 Å². The van der Waals surface area contributed by atoms with Gasteiger partial charge in [-0.1, -0.05) is 32.0 Å². The fourth-order valence-electron chi connectivity index (χ4n) is 1.99. The molecule has 1 N–H and O–H groups in total. The summed E-state index contributed by atoms with van der Waals surface area (Å²) in [5.74, 6) is 1.29. The van der Waals surface area contributed by atoms with Gasteiger partial charge in [0.2, 0.25) is 0 Å². The summed E-state index contributed by atoms with van der Waals surface area (Å²) in [6.07, 6.45) is 4.64. The zero-order valence-electron chi connectivity index (χ0n) is 12.3. The van der Waals surface area contributed by atoms with Crippen LogP contribution in [0.2, 0.25) is 0 Å². The van der Waals surface area contributed by atoms with Crippen molar-refractivity contribution in [2.75, 3.05) is 7.05 Å². The minimum Gasteiger partial charge on any atom is -0.424 e. The highest BCUT2D eigenvalue weighted by Crippen LogP contribution is 2.30. The summed E-state index contributed by atoms with van der Waals surface area (Å²) in [5, 5.41) is 3.06. The minimum atomic E-state index is 0.389. The molecule has 0 fully saturated rings. The smallest absolute Gasteiger partial charge is 0.321 e. The van der Waals surface area contributed by atoms with Crippen LogP contribution in [0.1, 0.15) is 37.3 Å². The number of rotatable bonds is 6. The summed E-state index contributed by atoms with van der Waals surface area (Å²) < 4.78 is 5.82. The van der Waals surface area contributed by atoms with Crippen molar-refractivity contribution in [2.45, 2.75) is 32.7 Å². The van der Waals surface area contributed by atoms with E-state index >= 15 is 0 Å². The van der Waals surface area contributed by atoms with Gasteiger partial charge in [-0.25, -0.2) is 9.97 Å². The van der Waals surface area contributed by atoms with Gasteiger partial charge in [-0.3, -0.25) is 0 Å². The van der Waals surface area contributed by atoms with Crippen LogP contribution in [0.25, 0.3) is 0 Å². The molecule has 0 spiro atoms. The Morgan fingerprint density at radius 3 is 2.55 bits per heavy atom. The average Bonchev–Trinajstić information content (AvgIpc) is 2.49. The molecule has 1 atom stereocenters. The van der Waals surface area contributed by atoms with Crippen LogP contribution in [-0.2, 0) is 6.54 Å². The number of nitrogens with one attached hydrogen (secondary N) is 1. The Bertz CT molecular complexity index is 540. The van der Waals surface area contributed by atoms with Gasteiger partial charge in [0, 0.05) is 24.5 Å². The molecule has 1 unspecified atom stereocenters. The van der Waals surface area contributed by atoms with E-state index in [-0.39, 0.29) is 0 Å². The topological polar surface area (TPSA) is 47.0 Å². The van der Waals surface area contributed by atoms with Crippen LogP contribution in [0, 0.1) is 0 Å². The van der Waals surface area contributed by atoms with Gasteiger partial charge in [-0.05, 0) is 31.0 Å². The van der Waals surface area contributed by atoms with E-state index < -0.39 is 0 Å². The largest absolute Gasteiger partial charge is 0.424 e. The molecule has 1 aromatic carbocycles. The van der Waals surface area contributed by atoms with E-state index in [1.807, 2.05) is 25.2 Å². The fourth-order valence-corrected chi connectivity index (χ4v) is 1.99. The monoisotopic (exact) mass is 271 g/mol. The number of aromatic nitrogens is 2. The summed E-state index contributed by atoms with van der Waals surface area (Å²) in [7, 11) is 1.90. The summed E-state index contributed by atoms with van der Waals surface area (Å²) in [4.78, 5) is 8.49. The molecular formula is C16H21N3O. The van der Waals surface area contributed by atoms with Gasteiger partial charge in [0.15, 0.2) is 0 Å². The predicted molar refractivity (Wildman–Crippen MR) is 80.0 cm³/mol.